The molecule has 6 nitrogen and oxygen atoms in total. The maximum Gasteiger partial charge on any atom is 0.236 e. The van der Waals surface area contributed by atoms with E-state index in [2.05, 4.69) is 33.6 Å². The summed E-state index contributed by atoms with van der Waals surface area (Å²) in [6.07, 6.45) is 6.14. The second-order valence-corrected chi connectivity index (χ2v) is 6.25. The number of likely N-dealkylation sites (N-methyl/N-ethyl adjacent to an activating group) is 2. The van der Waals surface area contributed by atoms with Crippen molar-refractivity contribution in [3.63, 3.8) is 0 Å². The Morgan fingerprint density at radius 2 is 2.23 bits per heavy atom. The highest BCUT2D eigenvalue weighted by molar-refractivity contribution is 5.78. The van der Waals surface area contributed by atoms with E-state index in [-0.39, 0.29) is 11.9 Å². The van der Waals surface area contributed by atoms with Crippen LogP contribution in [0.2, 0.25) is 0 Å². The van der Waals surface area contributed by atoms with Crippen molar-refractivity contribution in [1.82, 2.24) is 24.7 Å². The number of H-pyrrole nitrogens is 1. The molecule has 1 unspecified atom stereocenters. The standard InChI is InChI=1S/C16H27N5O/c1-3-19-9-10-21(11-14(19)16-17-7-8-18-16)15(22)12-20(4-2)13-5-6-13/h7-8,13-14H,3-6,9-12H2,1-2H3,(H,17,18). The second kappa shape index (κ2) is 6.79. The molecule has 2 fully saturated rings. The highest BCUT2D eigenvalue weighted by Crippen LogP contribution is 2.27. The lowest BCUT2D eigenvalue weighted by Gasteiger charge is -2.40. The summed E-state index contributed by atoms with van der Waals surface area (Å²) in [7, 11) is 0. The number of nitrogens with one attached hydrogen (secondary N) is 1. The minimum Gasteiger partial charge on any atom is -0.347 e. The van der Waals surface area contributed by atoms with Gasteiger partial charge in [0.15, 0.2) is 0 Å². The van der Waals surface area contributed by atoms with E-state index in [4.69, 9.17) is 0 Å². The van der Waals surface area contributed by atoms with E-state index in [1.54, 1.807) is 6.20 Å². The van der Waals surface area contributed by atoms with Gasteiger partial charge in [-0.2, -0.15) is 0 Å². The summed E-state index contributed by atoms with van der Waals surface area (Å²) in [5.74, 6) is 1.23. The number of hydrogen-bond acceptors (Lipinski definition) is 4. The fourth-order valence-corrected chi connectivity index (χ4v) is 3.36. The normalized spacial score (nSPS) is 23.2. The van der Waals surface area contributed by atoms with Crippen LogP contribution in [0.5, 0.6) is 0 Å². The molecule has 2 heterocycles. The average molecular weight is 305 g/mol. The summed E-state index contributed by atoms with van der Waals surface area (Å²) in [6.45, 7) is 9.31. The first-order chi connectivity index (χ1) is 10.7. The third kappa shape index (κ3) is 3.33. The Bertz CT molecular complexity index is 485. The van der Waals surface area contributed by atoms with Crippen molar-refractivity contribution in [2.75, 3.05) is 39.3 Å². The molecule has 1 amide bonds. The smallest absolute Gasteiger partial charge is 0.236 e. The minimum atomic E-state index is 0.189. The molecule has 1 aromatic rings. The molecule has 0 spiro atoms. The number of carbonyl (C=O) groups is 1. The third-order valence-electron chi connectivity index (χ3n) is 4.89. The molecule has 122 valence electrons. The zero-order valence-electron chi connectivity index (χ0n) is 13.7. The van der Waals surface area contributed by atoms with Crippen molar-refractivity contribution in [3.05, 3.63) is 18.2 Å². The van der Waals surface area contributed by atoms with E-state index in [0.29, 0.717) is 12.6 Å². The Kier molecular flexibility index (Phi) is 4.78. The summed E-state index contributed by atoms with van der Waals surface area (Å²) >= 11 is 0. The molecule has 0 radical (unpaired) electrons. The third-order valence-corrected chi connectivity index (χ3v) is 4.89. The zero-order chi connectivity index (χ0) is 15.5. The number of carbonyl (C=O) groups excluding carboxylic acids is 1. The number of aromatic amines is 1. The van der Waals surface area contributed by atoms with E-state index < -0.39 is 0 Å². The summed E-state index contributed by atoms with van der Waals surface area (Å²) in [5.41, 5.74) is 0. The predicted molar refractivity (Wildman–Crippen MR) is 85.4 cm³/mol. The van der Waals surface area contributed by atoms with Gasteiger partial charge in [-0.25, -0.2) is 4.98 Å². The summed E-state index contributed by atoms with van der Waals surface area (Å²) in [4.78, 5) is 27.0. The van der Waals surface area contributed by atoms with Crippen LogP contribution in [0.15, 0.2) is 12.4 Å². The van der Waals surface area contributed by atoms with Gasteiger partial charge in [-0.05, 0) is 25.9 Å². The van der Waals surface area contributed by atoms with Crippen LogP contribution in [-0.2, 0) is 4.79 Å². The monoisotopic (exact) mass is 305 g/mol. The molecule has 0 aromatic carbocycles. The molecule has 0 bridgehead atoms. The Balaban J connectivity index is 1.63. The fourth-order valence-electron chi connectivity index (χ4n) is 3.36. The van der Waals surface area contributed by atoms with Crippen LogP contribution in [-0.4, -0.2) is 75.9 Å². The summed E-state index contributed by atoms with van der Waals surface area (Å²) in [6, 6.07) is 0.834. The van der Waals surface area contributed by atoms with Crippen LogP contribution in [0.4, 0.5) is 0 Å². The van der Waals surface area contributed by atoms with Crippen LogP contribution in [0.25, 0.3) is 0 Å². The topological polar surface area (TPSA) is 55.5 Å². The van der Waals surface area contributed by atoms with Gasteiger partial charge in [-0.15, -0.1) is 0 Å². The number of hydrogen-bond donors (Lipinski definition) is 1. The predicted octanol–water partition coefficient (Wildman–Crippen LogP) is 1.10. The molecule has 1 atom stereocenters. The van der Waals surface area contributed by atoms with E-state index in [1.165, 1.54) is 12.8 Å². The van der Waals surface area contributed by atoms with Gasteiger partial charge in [0.25, 0.3) is 0 Å². The highest BCUT2D eigenvalue weighted by atomic mass is 16.2. The fraction of sp³-hybridized carbons (Fsp3) is 0.750. The van der Waals surface area contributed by atoms with Crippen molar-refractivity contribution in [3.8, 4) is 0 Å². The highest BCUT2D eigenvalue weighted by Gasteiger charge is 2.34. The molecule has 6 heteroatoms. The first-order valence-corrected chi connectivity index (χ1v) is 8.48. The van der Waals surface area contributed by atoms with E-state index in [9.17, 15) is 4.79 Å². The molecule has 1 saturated carbocycles. The molecule has 1 aliphatic heterocycles. The van der Waals surface area contributed by atoms with Crippen molar-refractivity contribution < 1.29 is 4.79 Å². The lowest BCUT2D eigenvalue weighted by atomic mass is 10.1. The number of rotatable bonds is 6. The van der Waals surface area contributed by atoms with Gasteiger partial charge in [0.05, 0.1) is 12.6 Å². The largest absolute Gasteiger partial charge is 0.347 e. The molecule has 1 aromatic heterocycles. The number of imidazole rings is 1. The molecule has 22 heavy (non-hydrogen) atoms. The van der Waals surface area contributed by atoms with Gasteiger partial charge in [0.1, 0.15) is 5.82 Å². The van der Waals surface area contributed by atoms with Crippen molar-refractivity contribution in [2.24, 2.45) is 0 Å². The van der Waals surface area contributed by atoms with E-state index >= 15 is 0 Å². The van der Waals surface area contributed by atoms with Gasteiger partial charge in [-0.1, -0.05) is 13.8 Å². The van der Waals surface area contributed by atoms with Crippen molar-refractivity contribution >= 4 is 5.91 Å². The van der Waals surface area contributed by atoms with E-state index in [0.717, 1.165) is 38.5 Å². The molecule has 3 rings (SSSR count). The average Bonchev–Trinajstić information content (AvgIpc) is 3.25. The van der Waals surface area contributed by atoms with Crippen molar-refractivity contribution in [1.29, 1.82) is 0 Å². The van der Waals surface area contributed by atoms with Gasteiger partial charge < -0.3 is 9.88 Å². The Labute approximate surface area is 132 Å². The zero-order valence-corrected chi connectivity index (χ0v) is 13.7. The number of aromatic nitrogens is 2. The molecular formula is C16H27N5O. The Morgan fingerprint density at radius 3 is 2.82 bits per heavy atom. The van der Waals surface area contributed by atoms with Crippen LogP contribution in [0.1, 0.15) is 38.6 Å². The summed E-state index contributed by atoms with van der Waals surface area (Å²) < 4.78 is 0. The molecule has 1 N–H and O–H groups in total. The van der Waals surface area contributed by atoms with Crippen LogP contribution in [0.3, 0.4) is 0 Å². The SMILES string of the molecule is CCN(CC(=O)N1CCN(CC)C(c2ncc[nH]2)C1)C1CC1. The van der Waals surface area contributed by atoms with Gasteiger partial charge in [0, 0.05) is 38.1 Å². The van der Waals surface area contributed by atoms with Crippen LogP contribution >= 0.6 is 0 Å². The van der Waals surface area contributed by atoms with Crippen LogP contribution < -0.4 is 0 Å². The number of amides is 1. The lowest BCUT2D eigenvalue weighted by molar-refractivity contribution is -0.135. The summed E-state index contributed by atoms with van der Waals surface area (Å²) in [5, 5.41) is 0. The maximum atomic E-state index is 12.6. The Hall–Kier alpha value is -1.40. The molecular weight excluding hydrogens is 278 g/mol. The number of nitrogens with zero attached hydrogens (tertiary/aromatic N) is 4. The quantitative estimate of drug-likeness (QED) is 0.855. The van der Waals surface area contributed by atoms with Crippen molar-refractivity contribution in [2.45, 2.75) is 38.8 Å². The molecule has 2 aliphatic rings. The minimum absolute atomic E-state index is 0.189. The van der Waals surface area contributed by atoms with Crippen LogP contribution in [0, 0.1) is 0 Å². The molecule has 1 aliphatic carbocycles. The van der Waals surface area contributed by atoms with Gasteiger partial charge >= 0.3 is 0 Å². The first kappa shape index (κ1) is 15.5. The van der Waals surface area contributed by atoms with E-state index in [1.807, 2.05) is 11.1 Å². The Morgan fingerprint density at radius 1 is 1.41 bits per heavy atom. The first-order valence-electron chi connectivity index (χ1n) is 8.48. The van der Waals surface area contributed by atoms with Gasteiger partial charge in [0.2, 0.25) is 5.91 Å². The van der Waals surface area contributed by atoms with Gasteiger partial charge in [-0.3, -0.25) is 14.6 Å². The lowest BCUT2D eigenvalue weighted by Crippen LogP contribution is -2.52. The second-order valence-electron chi connectivity index (χ2n) is 6.25. The number of piperazine rings is 1. The molecule has 1 saturated heterocycles. The maximum absolute atomic E-state index is 12.6.